The van der Waals surface area contributed by atoms with Crippen LogP contribution in [0.2, 0.25) is 0 Å². The van der Waals surface area contributed by atoms with Gasteiger partial charge in [0.1, 0.15) is 5.71 Å². The maximum Gasteiger partial charge on any atom is 0.433 e. The molecule has 1 unspecified atom stereocenters. The normalized spacial score (nSPS) is 10.7. The van der Waals surface area contributed by atoms with Crippen molar-refractivity contribution in [3.63, 3.8) is 0 Å². The van der Waals surface area contributed by atoms with Crippen LogP contribution in [-0.2, 0) is 19.3 Å². The average molecular weight is 499 g/mol. The monoisotopic (exact) mass is 498 g/mol. The lowest BCUT2D eigenvalue weighted by Gasteiger charge is -2.20. The van der Waals surface area contributed by atoms with Crippen LogP contribution < -0.4 is 10.7 Å². The SMILES string of the molecule is CCCc1cc(C(=N)C(F)(F)F)c(C)c(CCC)c1ON.CCc1ccc(C(C)C)cc1.CP. The lowest BCUT2D eigenvalue weighted by atomic mass is 9.90. The van der Waals surface area contributed by atoms with Crippen LogP contribution in [0.3, 0.4) is 0 Å². The molecular weight excluding hydrogens is 456 g/mol. The molecule has 0 amide bonds. The van der Waals surface area contributed by atoms with Gasteiger partial charge in [-0.25, -0.2) is 0 Å². The average Bonchev–Trinajstić information content (AvgIpc) is 2.82. The number of hydrogen-bond donors (Lipinski definition) is 2. The molecule has 0 aliphatic carbocycles. The quantitative estimate of drug-likeness (QED) is 0.220. The van der Waals surface area contributed by atoms with Crippen LogP contribution in [-0.4, -0.2) is 18.6 Å². The molecule has 0 saturated carbocycles. The van der Waals surface area contributed by atoms with Gasteiger partial charge in [-0.1, -0.05) is 78.4 Å². The second-order valence-corrected chi connectivity index (χ2v) is 8.26. The fourth-order valence-electron chi connectivity index (χ4n) is 3.58. The fourth-order valence-corrected chi connectivity index (χ4v) is 3.58. The summed E-state index contributed by atoms with van der Waals surface area (Å²) in [6, 6.07) is 10.3. The maximum absolute atomic E-state index is 12.9. The highest BCUT2D eigenvalue weighted by atomic mass is 31.0. The smallest absolute Gasteiger partial charge is 0.411 e. The van der Waals surface area contributed by atoms with Gasteiger partial charge in [0, 0.05) is 11.1 Å². The van der Waals surface area contributed by atoms with Gasteiger partial charge in [0.15, 0.2) is 5.75 Å². The third-order valence-electron chi connectivity index (χ3n) is 5.49. The van der Waals surface area contributed by atoms with Gasteiger partial charge in [-0.3, -0.25) is 5.41 Å². The van der Waals surface area contributed by atoms with E-state index in [1.54, 1.807) is 6.92 Å². The minimum absolute atomic E-state index is 0.0878. The Labute approximate surface area is 206 Å². The molecule has 2 aromatic carbocycles. The molecule has 2 rings (SSSR count). The minimum atomic E-state index is -4.66. The summed E-state index contributed by atoms with van der Waals surface area (Å²) in [6.45, 7) is 14.0. The summed E-state index contributed by atoms with van der Waals surface area (Å²) < 4.78 is 38.6. The highest BCUT2D eigenvalue weighted by Gasteiger charge is 2.37. The highest BCUT2D eigenvalue weighted by Crippen LogP contribution is 2.34. The Morgan fingerprint density at radius 1 is 1.03 bits per heavy atom. The van der Waals surface area contributed by atoms with Crippen LogP contribution >= 0.6 is 9.24 Å². The second kappa shape index (κ2) is 15.9. The number of halogens is 3. The highest BCUT2D eigenvalue weighted by molar-refractivity contribution is 7.15. The van der Waals surface area contributed by atoms with E-state index in [0.717, 1.165) is 19.3 Å². The zero-order valence-corrected chi connectivity index (χ0v) is 22.9. The summed E-state index contributed by atoms with van der Waals surface area (Å²) in [5.41, 5.74) is 3.15. The number of rotatable bonds is 8. The summed E-state index contributed by atoms with van der Waals surface area (Å²) in [5.74, 6) is 6.42. The van der Waals surface area contributed by atoms with E-state index in [-0.39, 0.29) is 5.56 Å². The Kier molecular flexibility index (Phi) is 15.0. The number of nitrogens with one attached hydrogen (secondary N) is 1. The number of aryl methyl sites for hydroxylation is 2. The molecule has 192 valence electrons. The van der Waals surface area contributed by atoms with Gasteiger partial charge in [0.2, 0.25) is 0 Å². The molecule has 0 fully saturated rings. The molecule has 0 radical (unpaired) electrons. The number of nitrogens with two attached hydrogens (primary N) is 1. The van der Waals surface area contributed by atoms with Gasteiger partial charge >= 0.3 is 6.18 Å². The van der Waals surface area contributed by atoms with Gasteiger partial charge in [0.25, 0.3) is 0 Å². The van der Waals surface area contributed by atoms with Crippen molar-refractivity contribution in [3.05, 3.63) is 63.7 Å². The first-order valence-corrected chi connectivity index (χ1v) is 13.0. The number of alkyl halides is 3. The summed E-state index contributed by atoms with van der Waals surface area (Å²) in [5, 5.41) is 7.41. The van der Waals surface area contributed by atoms with Crippen molar-refractivity contribution < 1.29 is 18.0 Å². The van der Waals surface area contributed by atoms with Crippen LogP contribution in [0.1, 0.15) is 86.8 Å². The van der Waals surface area contributed by atoms with Crippen LogP contribution in [0.25, 0.3) is 0 Å². The molecule has 0 spiro atoms. The zero-order valence-electron chi connectivity index (χ0n) is 21.7. The van der Waals surface area contributed by atoms with Gasteiger partial charge in [-0.15, -0.1) is 9.24 Å². The van der Waals surface area contributed by atoms with Gasteiger partial charge in [-0.05, 0) is 60.4 Å². The fraction of sp³-hybridized carbons (Fsp3) is 0.519. The predicted molar refractivity (Wildman–Crippen MR) is 142 cm³/mol. The lowest BCUT2D eigenvalue weighted by Crippen LogP contribution is -2.25. The largest absolute Gasteiger partial charge is 0.433 e. The maximum atomic E-state index is 12.9. The van der Waals surface area contributed by atoms with E-state index in [4.69, 9.17) is 16.1 Å². The van der Waals surface area contributed by atoms with Gasteiger partial charge < -0.3 is 4.84 Å². The molecule has 0 saturated heterocycles. The molecule has 34 heavy (non-hydrogen) atoms. The van der Waals surface area contributed by atoms with E-state index < -0.39 is 11.9 Å². The van der Waals surface area contributed by atoms with E-state index in [0.29, 0.717) is 41.2 Å². The standard InChI is InChI=1S/C15H21F3N2O.C11H16.CH5P/c1-4-6-10-8-12(14(19)15(16,17)18)9(3)11(7-5-2)13(10)21-20;1-4-10-5-7-11(8-6-10)9(2)3;1-2/h8,19H,4-7,20H2,1-3H3;5-9H,4H2,1-3H3;2H2,1H3. The minimum Gasteiger partial charge on any atom is -0.411 e. The Morgan fingerprint density at radius 2 is 1.56 bits per heavy atom. The molecule has 7 heteroatoms. The van der Waals surface area contributed by atoms with E-state index in [1.165, 1.54) is 17.2 Å². The first-order valence-electron chi connectivity index (χ1n) is 11.9. The van der Waals surface area contributed by atoms with Crippen molar-refractivity contribution in [3.8, 4) is 5.75 Å². The number of benzene rings is 2. The molecule has 0 heterocycles. The lowest BCUT2D eigenvalue weighted by molar-refractivity contribution is -0.0588. The third kappa shape index (κ3) is 9.38. The van der Waals surface area contributed by atoms with Crippen molar-refractivity contribution in [1.82, 2.24) is 0 Å². The predicted octanol–water partition coefficient (Wildman–Crippen LogP) is 7.95. The third-order valence-corrected chi connectivity index (χ3v) is 5.49. The molecular formula is C27H42F3N2OP. The Morgan fingerprint density at radius 3 is 1.94 bits per heavy atom. The van der Waals surface area contributed by atoms with E-state index in [2.05, 4.69) is 54.3 Å². The van der Waals surface area contributed by atoms with E-state index in [1.807, 2.05) is 20.5 Å². The Bertz CT molecular complexity index is 879. The first kappa shape index (κ1) is 32.1. The van der Waals surface area contributed by atoms with E-state index in [9.17, 15) is 13.2 Å². The summed E-state index contributed by atoms with van der Waals surface area (Å²) in [4.78, 5) is 4.93. The van der Waals surface area contributed by atoms with Crippen LogP contribution in [0.5, 0.6) is 5.75 Å². The summed E-state index contributed by atoms with van der Waals surface area (Å²) in [7, 11) is 2.42. The summed E-state index contributed by atoms with van der Waals surface area (Å²) >= 11 is 0. The van der Waals surface area contributed by atoms with Crippen molar-refractivity contribution in [2.45, 2.75) is 85.7 Å². The Balaban J connectivity index is 0.000000701. The molecule has 0 aromatic heterocycles. The van der Waals surface area contributed by atoms with Crippen molar-refractivity contribution in [1.29, 1.82) is 5.41 Å². The number of hydrogen-bond acceptors (Lipinski definition) is 3. The van der Waals surface area contributed by atoms with Gasteiger partial charge in [-0.2, -0.15) is 19.1 Å². The molecule has 0 bridgehead atoms. The summed E-state index contributed by atoms with van der Waals surface area (Å²) in [6.07, 6.45) is -0.897. The molecule has 0 aliphatic heterocycles. The molecule has 1 atom stereocenters. The van der Waals surface area contributed by atoms with Crippen molar-refractivity contribution in [2.24, 2.45) is 5.90 Å². The second-order valence-electron chi connectivity index (χ2n) is 8.26. The first-order chi connectivity index (χ1) is 16.0. The molecule has 3 N–H and O–H groups in total. The molecule has 2 aromatic rings. The molecule has 0 aliphatic rings. The zero-order chi connectivity index (χ0) is 26.5. The van der Waals surface area contributed by atoms with Crippen LogP contribution in [0.4, 0.5) is 13.2 Å². The topological polar surface area (TPSA) is 59.1 Å². The van der Waals surface area contributed by atoms with Crippen LogP contribution in [0.15, 0.2) is 30.3 Å². The van der Waals surface area contributed by atoms with Gasteiger partial charge in [0.05, 0.1) is 0 Å². The Hall–Kier alpha value is -1.91. The molecule has 3 nitrogen and oxygen atoms in total. The van der Waals surface area contributed by atoms with Crippen molar-refractivity contribution in [2.75, 3.05) is 6.66 Å². The van der Waals surface area contributed by atoms with Crippen LogP contribution in [0, 0.1) is 12.3 Å². The van der Waals surface area contributed by atoms with E-state index >= 15 is 0 Å². The van der Waals surface area contributed by atoms with Crippen molar-refractivity contribution >= 4 is 15.0 Å².